The number of carboxylic acids is 1. The van der Waals surface area contributed by atoms with Crippen LogP contribution in [0.5, 0.6) is 0 Å². The van der Waals surface area contributed by atoms with Gasteiger partial charge in [-0.1, -0.05) is 6.42 Å². The third-order valence-corrected chi connectivity index (χ3v) is 2.97. The van der Waals surface area contributed by atoms with Crippen molar-refractivity contribution < 1.29 is 9.90 Å². The predicted octanol–water partition coefficient (Wildman–Crippen LogP) is 1.09. The first-order valence-electron chi connectivity index (χ1n) is 5.15. The van der Waals surface area contributed by atoms with Crippen LogP contribution in [0.25, 0.3) is 0 Å². The smallest absolute Gasteiger partial charge is 0.308 e. The summed E-state index contributed by atoms with van der Waals surface area (Å²) in [6, 6.07) is 0.0172. The Morgan fingerprint density at radius 2 is 2.47 bits per heavy atom. The molecule has 2 atom stereocenters. The number of carboxylic acid groups (broad SMARTS) is 1. The van der Waals surface area contributed by atoms with E-state index in [0.29, 0.717) is 0 Å². The lowest BCUT2D eigenvalue weighted by atomic mass is 10.0. The molecule has 0 saturated heterocycles. The second-order valence-corrected chi connectivity index (χ2v) is 3.99. The van der Waals surface area contributed by atoms with Crippen LogP contribution in [0.4, 0.5) is 5.95 Å². The number of anilines is 1. The highest BCUT2D eigenvalue weighted by Crippen LogP contribution is 2.28. The van der Waals surface area contributed by atoms with Gasteiger partial charge >= 0.3 is 5.97 Å². The molecule has 1 aliphatic rings. The van der Waals surface area contributed by atoms with Gasteiger partial charge in [0.25, 0.3) is 0 Å². The van der Waals surface area contributed by atoms with Crippen molar-refractivity contribution >= 4 is 11.9 Å². The van der Waals surface area contributed by atoms with Crippen molar-refractivity contribution in [2.45, 2.75) is 25.3 Å². The summed E-state index contributed by atoms with van der Waals surface area (Å²) in [6.45, 7) is 0. The van der Waals surface area contributed by atoms with Crippen LogP contribution in [0.2, 0.25) is 0 Å². The van der Waals surface area contributed by atoms with Crippen molar-refractivity contribution in [3.8, 4) is 0 Å². The molecule has 5 nitrogen and oxygen atoms in total. The quantitative estimate of drug-likeness (QED) is 0.781. The van der Waals surface area contributed by atoms with Gasteiger partial charge in [0.15, 0.2) is 0 Å². The minimum atomic E-state index is -0.709. The van der Waals surface area contributed by atoms with Gasteiger partial charge < -0.3 is 15.0 Å². The average Bonchev–Trinajstić information content (AvgIpc) is 2.77. The van der Waals surface area contributed by atoms with Gasteiger partial charge in [-0.3, -0.25) is 4.79 Å². The number of nitrogens with zero attached hydrogens (tertiary/aromatic N) is 2. The minimum Gasteiger partial charge on any atom is -0.481 e. The zero-order chi connectivity index (χ0) is 10.8. The fourth-order valence-electron chi connectivity index (χ4n) is 2.10. The maximum Gasteiger partial charge on any atom is 0.308 e. The summed E-state index contributed by atoms with van der Waals surface area (Å²) in [5.41, 5.74) is 0. The van der Waals surface area contributed by atoms with Crippen LogP contribution >= 0.6 is 0 Å². The molecule has 82 valence electrons. The molecule has 1 heterocycles. The number of aromatic nitrogens is 2. The minimum absolute atomic E-state index is 0.0172. The van der Waals surface area contributed by atoms with Gasteiger partial charge in [-0.05, 0) is 12.8 Å². The molecular formula is C10H15N3O2. The van der Waals surface area contributed by atoms with Crippen LogP contribution in [0, 0.1) is 5.92 Å². The first kappa shape index (κ1) is 10.0. The number of aliphatic carboxylic acids is 1. The van der Waals surface area contributed by atoms with E-state index in [1.165, 1.54) is 0 Å². The maximum absolute atomic E-state index is 11.0. The molecule has 0 radical (unpaired) electrons. The standard InChI is InChI=1S/C10H15N3O2/c1-13-6-5-11-10(13)12-8-4-2-3-7(8)9(14)15/h5-8H,2-4H2,1H3,(H,11,12)(H,14,15)/t7-,8+/m0/s1. The molecule has 1 saturated carbocycles. The number of aryl methyl sites for hydroxylation is 1. The number of hydrogen-bond donors (Lipinski definition) is 2. The summed E-state index contributed by atoms with van der Waals surface area (Å²) in [5, 5.41) is 12.2. The summed E-state index contributed by atoms with van der Waals surface area (Å²) in [6.07, 6.45) is 6.18. The number of rotatable bonds is 3. The van der Waals surface area contributed by atoms with Gasteiger partial charge in [-0.2, -0.15) is 0 Å². The number of imidazole rings is 1. The first-order valence-corrected chi connectivity index (χ1v) is 5.15. The first-order chi connectivity index (χ1) is 7.18. The monoisotopic (exact) mass is 209 g/mol. The van der Waals surface area contributed by atoms with E-state index >= 15 is 0 Å². The molecular weight excluding hydrogens is 194 g/mol. The fourth-order valence-corrected chi connectivity index (χ4v) is 2.10. The van der Waals surface area contributed by atoms with E-state index in [-0.39, 0.29) is 12.0 Å². The SMILES string of the molecule is Cn1ccnc1N[C@@H]1CCC[C@@H]1C(=O)O. The van der Waals surface area contributed by atoms with E-state index in [4.69, 9.17) is 5.11 Å². The molecule has 0 spiro atoms. The van der Waals surface area contributed by atoms with E-state index in [1.807, 2.05) is 17.8 Å². The Balaban J connectivity index is 2.06. The summed E-state index contributed by atoms with van der Waals surface area (Å²) < 4.78 is 1.86. The predicted molar refractivity (Wildman–Crippen MR) is 55.6 cm³/mol. The summed E-state index contributed by atoms with van der Waals surface area (Å²) in [7, 11) is 1.89. The third-order valence-electron chi connectivity index (χ3n) is 2.97. The molecule has 0 unspecified atom stereocenters. The summed E-state index contributed by atoms with van der Waals surface area (Å²) in [4.78, 5) is 15.1. The zero-order valence-corrected chi connectivity index (χ0v) is 8.68. The highest BCUT2D eigenvalue weighted by Gasteiger charge is 2.33. The molecule has 1 fully saturated rings. The molecule has 1 aliphatic carbocycles. The van der Waals surface area contributed by atoms with Crippen LogP contribution in [0.15, 0.2) is 12.4 Å². The number of hydrogen-bond acceptors (Lipinski definition) is 3. The molecule has 0 aromatic carbocycles. The Kier molecular flexibility index (Phi) is 2.62. The van der Waals surface area contributed by atoms with E-state index < -0.39 is 5.97 Å². The zero-order valence-electron chi connectivity index (χ0n) is 8.68. The highest BCUT2D eigenvalue weighted by molar-refractivity contribution is 5.72. The van der Waals surface area contributed by atoms with Gasteiger partial charge in [0, 0.05) is 25.5 Å². The molecule has 1 aromatic rings. The largest absolute Gasteiger partial charge is 0.481 e. The lowest BCUT2D eigenvalue weighted by Gasteiger charge is -2.17. The van der Waals surface area contributed by atoms with Crippen molar-refractivity contribution in [1.29, 1.82) is 0 Å². The van der Waals surface area contributed by atoms with Gasteiger partial charge in [-0.25, -0.2) is 4.98 Å². The van der Waals surface area contributed by atoms with Crippen LogP contribution in [0.3, 0.4) is 0 Å². The van der Waals surface area contributed by atoms with E-state index in [2.05, 4.69) is 10.3 Å². The third kappa shape index (κ3) is 1.95. The lowest BCUT2D eigenvalue weighted by Crippen LogP contribution is -2.30. The Morgan fingerprint density at radius 3 is 3.07 bits per heavy atom. The Morgan fingerprint density at radius 1 is 1.67 bits per heavy atom. The van der Waals surface area contributed by atoms with Gasteiger partial charge in [0.2, 0.25) is 5.95 Å². The molecule has 0 aliphatic heterocycles. The Bertz CT molecular complexity index is 361. The van der Waals surface area contributed by atoms with Crippen molar-refractivity contribution in [2.75, 3.05) is 5.32 Å². The highest BCUT2D eigenvalue weighted by atomic mass is 16.4. The van der Waals surface area contributed by atoms with E-state index in [9.17, 15) is 4.79 Å². The second kappa shape index (κ2) is 3.92. The number of carbonyl (C=O) groups is 1. The van der Waals surface area contributed by atoms with Gasteiger partial charge in [-0.15, -0.1) is 0 Å². The molecule has 0 amide bonds. The Hall–Kier alpha value is -1.52. The summed E-state index contributed by atoms with van der Waals surface area (Å²) >= 11 is 0. The Labute approximate surface area is 88.1 Å². The lowest BCUT2D eigenvalue weighted by molar-refractivity contribution is -0.141. The van der Waals surface area contributed by atoms with Crippen molar-refractivity contribution in [1.82, 2.24) is 9.55 Å². The average molecular weight is 209 g/mol. The van der Waals surface area contributed by atoms with Crippen LogP contribution in [0.1, 0.15) is 19.3 Å². The molecule has 0 bridgehead atoms. The summed E-state index contributed by atoms with van der Waals surface area (Å²) in [5.74, 6) is -0.242. The van der Waals surface area contributed by atoms with Gasteiger partial charge in [0.1, 0.15) is 0 Å². The number of nitrogens with one attached hydrogen (secondary N) is 1. The van der Waals surface area contributed by atoms with Crippen LogP contribution in [-0.4, -0.2) is 26.7 Å². The topological polar surface area (TPSA) is 67.2 Å². The molecule has 1 aromatic heterocycles. The van der Waals surface area contributed by atoms with Crippen molar-refractivity contribution in [3.63, 3.8) is 0 Å². The molecule has 15 heavy (non-hydrogen) atoms. The van der Waals surface area contributed by atoms with E-state index in [1.54, 1.807) is 6.20 Å². The van der Waals surface area contributed by atoms with Gasteiger partial charge in [0.05, 0.1) is 5.92 Å². The van der Waals surface area contributed by atoms with Crippen molar-refractivity contribution in [3.05, 3.63) is 12.4 Å². The van der Waals surface area contributed by atoms with Crippen LogP contribution in [-0.2, 0) is 11.8 Å². The molecule has 2 rings (SSSR count). The maximum atomic E-state index is 11.0. The van der Waals surface area contributed by atoms with Crippen LogP contribution < -0.4 is 5.32 Å². The van der Waals surface area contributed by atoms with E-state index in [0.717, 1.165) is 25.2 Å². The fraction of sp³-hybridized carbons (Fsp3) is 0.600. The van der Waals surface area contributed by atoms with Crippen molar-refractivity contribution in [2.24, 2.45) is 13.0 Å². The molecule has 5 heteroatoms. The normalized spacial score (nSPS) is 25.4. The molecule has 2 N–H and O–H groups in total. The second-order valence-electron chi connectivity index (χ2n) is 3.99.